The van der Waals surface area contributed by atoms with Gasteiger partial charge in [-0.3, -0.25) is 14.9 Å². The Morgan fingerprint density at radius 3 is 2.21 bits per heavy atom. The Hall–Kier alpha value is -1.45. The van der Waals surface area contributed by atoms with E-state index in [-0.39, 0.29) is 17.3 Å². The van der Waals surface area contributed by atoms with E-state index in [4.69, 9.17) is 0 Å². The number of hydrogen-bond donors (Lipinski definition) is 2. The Labute approximate surface area is 163 Å². The molecule has 0 saturated carbocycles. The lowest BCUT2D eigenvalue weighted by Crippen LogP contribution is -2.48. The van der Waals surface area contributed by atoms with E-state index in [0.29, 0.717) is 5.56 Å². The molecule has 24 heavy (non-hydrogen) atoms. The lowest BCUT2D eigenvalue weighted by molar-refractivity contribution is -0.384. The van der Waals surface area contributed by atoms with Crippen LogP contribution in [0.15, 0.2) is 54.6 Å². The Balaban J connectivity index is 2.25. The smallest absolute Gasteiger partial charge is 0.292 e. The first-order chi connectivity index (χ1) is 11.3. The van der Waals surface area contributed by atoms with Gasteiger partial charge in [0.05, 0.1) is 4.92 Å². The highest BCUT2D eigenvalue weighted by molar-refractivity contribution is 9.39. The molecule has 0 radical (unpaired) electrons. The van der Waals surface area contributed by atoms with E-state index in [0.717, 1.165) is 0 Å². The maximum Gasteiger partial charge on any atom is 0.292 e. The van der Waals surface area contributed by atoms with E-state index >= 15 is 0 Å². The highest BCUT2D eigenvalue weighted by Gasteiger charge is 2.33. The molecule has 0 aliphatic rings. The summed E-state index contributed by atoms with van der Waals surface area (Å²) < 4.78 is -0.916. The third kappa shape index (κ3) is 5.02. The molecule has 0 aromatic heterocycles. The van der Waals surface area contributed by atoms with Crippen LogP contribution in [0.25, 0.3) is 0 Å². The normalized spacial score (nSPS) is 12.3. The van der Waals surface area contributed by atoms with Crippen molar-refractivity contribution in [2.45, 2.75) is 8.31 Å². The zero-order valence-corrected chi connectivity index (χ0v) is 16.8. The summed E-state index contributed by atoms with van der Waals surface area (Å²) in [7, 11) is 0. The Kier molecular flexibility index (Phi) is 6.36. The van der Waals surface area contributed by atoms with Crippen LogP contribution in [0.5, 0.6) is 0 Å². The molecule has 0 spiro atoms. The first kappa shape index (κ1) is 18.9. The van der Waals surface area contributed by atoms with Gasteiger partial charge in [-0.15, -0.1) is 0 Å². The Bertz CT molecular complexity index is 735. The predicted octanol–water partition coefficient (Wildman–Crippen LogP) is 4.60. The first-order valence-electron chi connectivity index (χ1n) is 6.71. The fourth-order valence-corrected chi connectivity index (χ4v) is 2.60. The van der Waals surface area contributed by atoms with Crippen LogP contribution >= 0.6 is 47.8 Å². The predicted molar refractivity (Wildman–Crippen MR) is 104 cm³/mol. The minimum atomic E-state index is -0.916. The molecule has 1 atom stereocenters. The zero-order chi connectivity index (χ0) is 17.7. The van der Waals surface area contributed by atoms with Crippen molar-refractivity contribution in [3.63, 3.8) is 0 Å². The second kappa shape index (κ2) is 8.09. The highest BCUT2D eigenvalue weighted by atomic mass is 80.0. The Morgan fingerprint density at radius 1 is 1.04 bits per heavy atom. The van der Waals surface area contributed by atoms with Gasteiger partial charge in [0.15, 0.2) is 2.14 Å². The third-order valence-electron chi connectivity index (χ3n) is 3.04. The monoisotopic (exact) mass is 519 g/mol. The third-order valence-corrected chi connectivity index (χ3v) is 4.41. The van der Waals surface area contributed by atoms with Gasteiger partial charge in [0.1, 0.15) is 11.9 Å². The van der Waals surface area contributed by atoms with Gasteiger partial charge in [-0.05, 0) is 18.2 Å². The van der Waals surface area contributed by atoms with Crippen molar-refractivity contribution >= 4 is 65.1 Å². The Morgan fingerprint density at radius 2 is 1.62 bits per heavy atom. The van der Waals surface area contributed by atoms with Crippen LogP contribution in [0, 0.1) is 10.1 Å². The number of nitrogens with one attached hydrogen (secondary N) is 2. The fourth-order valence-electron chi connectivity index (χ4n) is 1.91. The summed E-state index contributed by atoms with van der Waals surface area (Å²) in [6, 6.07) is 14.9. The number of carbonyl (C=O) groups excluding carboxylic acids is 1. The lowest BCUT2D eigenvalue weighted by atomic mass is 10.2. The molecule has 0 heterocycles. The van der Waals surface area contributed by atoms with Gasteiger partial charge in [0.2, 0.25) is 0 Å². The number of nitrogens with zero attached hydrogens (tertiary/aromatic N) is 1. The number of halogens is 3. The standard InChI is InChI=1S/C15H12Br3N3O3/c16-15(17,18)14(20-13(22)10-6-2-1-3-7-10)19-11-8-4-5-9-12(11)21(23)24/h1-9,14,19H,(H,20,22). The number of nitro benzene ring substituents is 1. The van der Waals surface area contributed by atoms with Gasteiger partial charge in [0, 0.05) is 11.6 Å². The van der Waals surface area contributed by atoms with Gasteiger partial charge in [-0.1, -0.05) is 78.1 Å². The molecule has 2 rings (SSSR count). The minimum absolute atomic E-state index is 0.0896. The summed E-state index contributed by atoms with van der Waals surface area (Å²) in [5, 5.41) is 16.9. The zero-order valence-electron chi connectivity index (χ0n) is 12.1. The number of alkyl halides is 3. The molecular weight excluding hydrogens is 510 g/mol. The first-order valence-corrected chi connectivity index (χ1v) is 9.09. The van der Waals surface area contributed by atoms with Crippen molar-refractivity contribution in [3.05, 3.63) is 70.3 Å². The molecule has 0 bridgehead atoms. The van der Waals surface area contributed by atoms with Crippen LogP contribution in [-0.2, 0) is 0 Å². The number of carbonyl (C=O) groups is 1. The van der Waals surface area contributed by atoms with Crippen LogP contribution in [0.2, 0.25) is 0 Å². The summed E-state index contributed by atoms with van der Waals surface area (Å²) in [6.45, 7) is 0. The molecule has 0 saturated heterocycles. The molecule has 2 aromatic rings. The van der Waals surface area contributed by atoms with Crippen LogP contribution in [0.4, 0.5) is 11.4 Å². The number of benzene rings is 2. The lowest BCUT2D eigenvalue weighted by Gasteiger charge is -2.28. The number of anilines is 1. The topological polar surface area (TPSA) is 84.3 Å². The largest absolute Gasteiger partial charge is 0.357 e. The molecule has 0 aliphatic carbocycles. The van der Waals surface area contributed by atoms with Crippen molar-refractivity contribution in [2.75, 3.05) is 5.32 Å². The molecule has 2 aromatic carbocycles. The molecule has 126 valence electrons. The molecule has 2 N–H and O–H groups in total. The molecule has 0 fully saturated rings. The van der Waals surface area contributed by atoms with E-state index < -0.39 is 13.2 Å². The maximum atomic E-state index is 12.4. The molecule has 9 heteroatoms. The molecule has 1 amide bonds. The number of para-hydroxylation sites is 2. The minimum Gasteiger partial charge on any atom is -0.357 e. The van der Waals surface area contributed by atoms with Crippen molar-refractivity contribution in [2.24, 2.45) is 0 Å². The average molecular weight is 522 g/mol. The molecule has 6 nitrogen and oxygen atoms in total. The van der Waals surface area contributed by atoms with Crippen LogP contribution in [0.3, 0.4) is 0 Å². The van der Waals surface area contributed by atoms with E-state index in [2.05, 4.69) is 58.4 Å². The van der Waals surface area contributed by atoms with Crippen molar-refractivity contribution in [1.29, 1.82) is 0 Å². The summed E-state index contributed by atoms with van der Waals surface area (Å²) in [6.07, 6.45) is -0.730. The van der Waals surface area contributed by atoms with Gasteiger partial charge in [-0.25, -0.2) is 0 Å². The van der Waals surface area contributed by atoms with Crippen molar-refractivity contribution in [1.82, 2.24) is 5.32 Å². The van der Waals surface area contributed by atoms with E-state index in [1.54, 1.807) is 42.5 Å². The number of rotatable bonds is 5. The van der Waals surface area contributed by atoms with Crippen molar-refractivity contribution in [3.8, 4) is 0 Å². The van der Waals surface area contributed by atoms with Gasteiger partial charge >= 0.3 is 0 Å². The van der Waals surface area contributed by atoms with Crippen LogP contribution in [-0.4, -0.2) is 19.1 Å². The summed E-state index contributed by atoms with van der Waals surface area (Å²) in [5.74, 6) is -0.325. The van der Waals surface area contributed by atoms with E-state index in [1.165, 1.54) is 6.07 Å². The van der Waals surface area contributed by atoms with Gasteiger partial charge in [-0.2, -0.15) is 0 Å². The summed E-state index contributed by atoms with van der Waals surface area (Å²) >= 11 is 10.1. The number of amides is 1. The highest BCUT2D eigenvalue weighted by Crippen LogP contribution is 2.38. The second-order valence-corrected chi connectivity index (χ2v) is 11.7. The summed E-state index contributed by atoms with van der Waals surface area (Å²) in [4.78, 5) is 23.0. The maximum absolute atomic E-state index is 12.4. The van der Waals surface area contributed by atoms with Gasteiger partial charge < -0.3 is 10.6 Å². The number of hydrogen-bond acceptors (Lipinski definition) is 4. The van der Waals surface area contributed by atoms with Gasteiger partial charge in [0.25, 0.3) is 11.6 Å². The molecular formula is C15H12Br3N3O3. The second-order valence-electron chi connectivity index (χ2n) is 4.73. The van der Waals surface area contributed by atoms with Crippen LogP contribution < -0.4 is 10.6 Å². The van der Waals surface area contributed by atoms with E-state index in [9.17, 15) is 14.9 Å². The fraction of sp³-hybridized carbons (Fsp3) is 0.133. The summed E-state index contributed by atoms with van der Waals surface area (Å²) in [5.41, 5.74) is 0.667. The molecule has 1 unspecified atom stereocenters. The number of nitro groups is 1. The van der Waals surface area contributed by atoms with Crippen molar-refractivity contribution < 1.29 is 9.72 Å². The average Bonchev–Trinajstić information content (AvgIpc) is 2.54. The quantitative estimate of drug-likeness (QED) is 0.261. The molecule has 0 aliphatic heterocycles. The van der Waals surface area contributed by atoms with Crippen LogP contribution in [0.1, 0.15) is 10.4 Å². The SMILES string of the molecule is O=C(NC(Nc1ccccc1[N+](=O)[O-])C(Br)(Br)Br)c1ccccc1. The van der Waals surface area contributed by atoms with E-state index in [1.807, 2.05) is 6.07 Å².